The van der Waals surface area contributed by atoms with Gasteiger partial charge in [0.25, 0.3) is 0 Å². The molecule has 0 radical (unpaired) electrons. The minimum atomic E-state index is 0.164. The van der Waals surface area contributed by atoms with E-state index in [1.54, 1.807) is 0 Å². The molecule has 0 saturated heterocycles. The first-order chi connectivity index (χ1) is 13.4. The SMILES string of the molecule is C(=CC(c1c[nH]c2ccccc12)c1c[nH]c2ccccc12)c1ccccc1. The van der Waals surface area contributed by atoms with E-state index in [4.69, 9.17) is 0 Å². The second-order valence-electron chi connectivity index (χ2n) is 6.83. The maximum Gasteiger partial charge on any atom is 0.0457 e. The standard InChI is InChI=1S/C25H20N2/c1-2-8-18(9-3-1)14-15-19(22-16-26-24-12-6-4-10-20(22)24)23-17-27-25-13-7-5-11-21(23)25/h1-17,19,26-27H. The zero-order valence-corrected chi connectivity index (χ0v) is 14.9. The molecule has 0 amide bonds. The third kappa shape index (κ3) is 2.85. The molecule has 0 bridgehead atoms. The summed E-state index contributed by atoms with van der Waals surface area (Å²) in [6, 6.07) is 27.5. The average Bonchev–Trinajstić information content (AvgIpc) is 3.34. The molecule has 2 heterocycles. The van der Waals surface area contributed by atoms with E-state index >= 15 is 0 Å². The zero-order chi connectivity index (χ0) is 18.1. The lowest BCUT2D eigenvalue weighted by Gasteiger charge is -2.12. The fourth-order valence-corrected chi connectivity index (χ4v) is 3.85. The molecule has 0 saturated carbocycles. The lowest BCUT2D eigenvalue weighted by atomic mass is 9.90. The van der Waals surface area contributed by atoms with Gasteiger partial charge in [-0.2, -0.15) is 0 Å². The summed E-state index contributed by atoms with van der Waals surface area (Å²) >= 11 is 0. The Morgan fingerprint density at radius 1 is 0.593 bits per heavy atom. The molecule has 0 spiro atoms. The molecule has 0 aliphatic carbocycles. The number of H-pyrrole nitrogens is 2. The van der Waals surface area contributed by atoms with Gasteiger partial charge in [0.05, 0.1) is 0 Å². The Morgan fingerprint density at radius 2 is 1.11 bits per heavy atom. The Morgan fingerprint density at radius 3 is 1.70 bits per heavy atom. The maximum atomic E-state index is 3.43. The van der Waals surface area contributed by atoms with Crippen LogP contribution in [0.25, 0.3) is 27.9 Å². The van der Waals surface area contributed by atoms with Gasteiger partial charge in [0.2, 0.25) is 0 Å². The third-order valence-electron chi connectivity index (χ3n) is 5.19. The van der Waals surface area contributed by atoms with E-state index in [0.29, 0.717) is 0 Å². The Labute approximate surface area is 158 Å². The first-order valence-electron chi connectivity index (χ1n) is 9.25. The lowest BCUT2D eigenvalue weighted by Crippen LogP contribution is -1.96. The summed E-state index contributed by atoms with van der Waals surface area (Å²) in [5.74, 6) is 0.164. The van der Waals surface area contributed by atoms with Crippen LogP contribution in [0.5, 0.6) is 0 Å². The van der Waals surface area contributed by atoms with Gasteiger partial charge in [0.1, 0.15) is 0 Å². The van der Waals surface area contributed by atoms with Gasteiger partial charge >= 0.3 is 0 Å². The van der Waals surface area contributed by atoms with Crippen LogP contribution < -0.4 is 0 Å². The molecule has 0 aliphatic heterocycles. The van der Waals surface area contributed by atoms with Crippen molar-refractivity contribution in [2.75, 3.05) is 0 Å². The van der Waals surface area contributed by atoms with E-state index < -0.39 is 0 Å². The van der Waals surface area contributed by atoms with Crippen molar-refractivity contribution in [1.82, 2.24) is 9.97 Å². The van der Waals surface area contributed by atoms with Gasteiger partial charge in [0, 0.05) is 40.1 Å². The molecule has 5 aromatic rings. The second-order valence-corrected chi connectivity index (χ2v) is 6.83. The van der Waals surface area contributed by atoms with Crippen molar-refractivity contribution in [3.63, 3.8) is 0 Å². The molecule has 0 fully saturated rings. The number of nitrogens with one attached hydrogen (secondary N) is 2. The van der Waals surface area contributed by atoms with Crippen LogP contribution in [-0.4, -0.2) is 9.97 Å². The summed E-state index contributed by atoms with van der Waals surface area (Å²) < 4.78 is 0. The number of aromatic amines is 2. The quantitative estimate of drug-likeness (QED) is 0.372. The Hall–Kier alpha value is -3.52. The number of para-hydroxylation sites is 2. The molecule has 2 aromatic heterocycles. The lowest BCUT2D eigenvalue weighted by molar-refractivity contribution is 1.06. The largest absolute Gasteiger partial charge is 0.361 e. The normalized spacial score (nSPS) is 11.9. The fourth-order valence-electron chi connectivity index (χ4n) is 3.85. The van der Waals surface area contributed by atoms with Gasteiger partial charge in [-0.15, -0.1) is 0 Å². The highest BCUT2D eigenvalue weighted by Gasteiger charge is 2.18. The van der Waals surface area contributed by atoms with Crippen LogP contribution in [0, 0.1) is 0 Å². The van der Waals surface area contributed by atoms with Crippen molar-refractivity contribution in [1.29, 1.82) is 0 Å². The minimum absolute atomic E-state index is 0.164. The first-order valence-corrected chi connectivity index (χ1v) is 9.25. The number of fused-ring (bicyclic) bond motifs is 2. The summed E-state index contributed by atoms with van der Waals surface area (Å²) in [6.07, 6.45) is 8.81. The monoisotopic (exact) mass is 348 g/mol. The van der Waals surface area contributed by atoms with Gasteiger partial charge in [0.15, 0.2) is 0 Å². The van der Waals surface area contributed by atoms with Crippen molar-refractivity contribution >= 4 is 27.9 Å². The molecule has 130 valence electrons. The predicted molar refractivity (Wildman–Crippen MR) is 114 cm³/mol. The fraction of sp³-hybridized carbons (Fsp3) is 0.0400. The molecule has 2 N–H and O–H groups in total. The van der Waals surface area contributed by atoms with Crippen molar-refractivity contribution < 1.29 is 0 Å². The van der Waals surface area contributed by atoms with Gasteiger partial charge in [-0.3, -0.25) is 0 Å². The Kier molecular flexibility index (Phi) is 3.87. The van der Waals surface area contributed by atoms with Crippen LogP contribution in [0.1, 0.15) is 22.6 Å². The summed E-state index contributed by atoms with van der Waals surface area (Å²) in [6.45, 7) is 0. The van der Waals surface area contributed by atoms with Crippen LogP contribution in [0.3, 0.4) is 0 Å². The molecule has 27 heavy (non-hydrogen) atoms. The predicted octanol–water partition coefficient (Wildman–Crippen LogP) is 6.49. The number of rotatable bonds is 4. The van der Waals surface area contributed by atoms with Crippen LogP contribution in [0.15, 0.2) is 97.3 Å². The number of hydrogen-bond acceptors (Lipinski definition) is 0. The number of benzene rings is 3. The number of allylic oxidation sites excluding steroid dienone is 1. The molecule has 0 unspecified atom stereocenters. The van der Waals surface area contributed by atoms with Crippen molar-refractivity contribution in [3.05, 3.63) is 114 Å². The highest BCUT2D eigenvalue weighted by atomic mass is 14.7. The summed E-state index contributed by atoms with van der Waals surface area (Å²) in [4.78, 5) is 6.87. The van der Waals surface area contributed by atoms with Crippen molar-refractivity contribution in [3.8, 4) is 0 Å². The molecule has 3 aromatic carbocycles. The van der Waals surface area contributed by atoms with E-state index in [9.17, 15) is 0 Å². The van der Waals surface area contributed by atoms with E-state index in [1.165, 1.54) is 38.5 Å². The number of aromatic nitrogens is 2. The third-order valence-corrected chi connectivity index (χ3v) is 5.19. The molecule has 2 heteroatoms. The highest BCUT2D eigenvalue weighted by molar-refractivity contribution is 5.88. The van der Waals surface area contributed by atoms with E-state index in [0.717, 1.165) is 0 Å². The second kappa shape index (κ2) is 6.65. The van der Waals surface area contributed by atoms with Gasteiger partial charge in [-0.05, 0) is 28.8 Å². The summed E-state index contributed by atoms with van der Waals surface area (Å²) in [7, 11) is 0. The smallest absolute Gasteiger partial charge is 0.0457 e. The van der Waals surface area contributed by atoms with Crippen LogP contribution in [-0.2, 0) is 0 Å². The maximum absolute atomic E-state index is 3.43. The summed E-state index contributed by atoms with van der Waals surface area (Å²) in [5.41, 5.74) is 6.14. The molecule has 5 rings (SSSR count). The van der Waals surface area contributed by atoms with Crippen molar-refractivity contribution in [2.24, 2.45) is 0 Å². The topological polar surface area (TPSA) is 31.6 Å². The Balaban J connectivity index is 1.69. The van der Waals surface area contributed by atoms with Crippen molar-refractivity contribution in [2.45, 2.75) is 5.92 Å². The zero-order valence-electron chi connectivity index (χ0n) is 14.9. The molecule has 2 nitrogen and oxygen atoms in total. The highest BCUT2D eigenvalue weighted by Crippen LogP contribution is 2.36. The van der Waals surface area contributed by atoms with Gasteiger partial charge in [-0.25, -0.2) is 0 Å². The molecular weight excluding hydrogens is 328 g/mol. The first kappa shape index (κ1) is 15.7. The van der Waals surface area contributed by atoms with Gasteiger partial charge in [-0.1, -0.05) is 78.9 Å². The van der Waals surface area contributed by atoms with Crippen LogP contribution in [0.2, 0.25) is 0 Å². The van der Waals surface area contributed by atoms with E-state index in [-0.39, 0.29) is 5.92 Å². The molecular formula is C25H20N2. The summed E-state index contributed by atoms with van der Waals surface area (Å²) in [5, 5.41) is 2.54. The molecule has 0 atom stereocenters. The average molecular weight is 348 g/mol. The van der Waals surface area contributed by atoms with E-state index in [1.807, 2.05) is 6.07 Å². The van der Waals surface area contributed by atoms with Gasteiger partial charge < -0.3 is 9.97 Å². The number of hydrogen-bond donors (Lipinski definition) is 2. The molecule has 0 aliphatic rings. The van der Waals surface area contributed by atoms with Crippen LogP contribution in [0.4, 0.5) is 0 Å². The minimum Gasteiger partial charge on any atom is -0.361 e. The van der Waals surface area contributed by atoms with E-state index in [2.05, 4.69) is 107 Å². The van der Waals surface area contributed by atoms with Crippen LogP contribution >= 0.6 is 0 Å². The Bertz CT molecular complexity index is 1150.